The van der Waals surface area contributed by atoms with Crippen molar-refractivity contribution in [2.45, 2.75) is 37.6 Å². The van der Waals surface area contributed by atoms with E-state index in [4.69, 9.17) is 0 Å². The van der Waals surface area contributed by atoms with E-state index in [-0.39, 0.29) is 10.8 Å². The Balaban J connectivity index is 1.70. The van der Waals surface area contributed by atoms with Crippen LogP contribution in [0.5, 0.6) is 0 Å². The first-order valence-electron chi connectivity index (χ1n) is 10.5. The van der Waals surface area contributed by atoms with E-state index in [1.807, 2.05) is 68.4 Å². The summed E-state index contributed by atoms with van der Waals surface area (Å²) in [6, 6.07) is 21.9. The minimum absolute atomic E-state index is 0.0520. The lowest BCUT2D eigenvalue weighted by atomic mass is 9.96. The normalized spacial score (nSPS) is 14.3. The van der Waals surface area contributed by atoms with Crippen molar-refractivity contribution in [1.82, 2.24) is 4.72 Å². The van der Waals surface area contributed by atoms with Crippen LogP contribution in [0, 0.1) is 6.92 Å². The summed E-state index contributed by atoms with van der Waals surface area (Å²) in [5.74, 6) is 0.0520. The van der Waals surface area contributed by atoms with Gasteiger partial charge in [0, 0.05) is 18.7 Å². The summed E-state index contributed by atoms with van der Waals surface area (Å²) >= 11 is 0. The Morgan fingerprint density at radius 3 is 2.45 bits per heavy atom. The molecule has 3 aromatic rings. The standard InChI is InChI=1S/C25H26N2O3S/c1-3-24(28)27-16-15-20-17-21(13-14-23(20)27)31(29,30)26-25(19-10-5-4-6-11-19)22-12-8-7-9-18(22)2/h4-14,17,25-26H,3,15-16H2,1-2H3/t25-/m0/s1. The minimum Gasteiger partial charge on any atom is -0.312 e. The molecule has 1 atom stereocenters. The largest absolute Gasteiger partial charge is 0.312 e. The predicted molar refractivity (Wildman–Crippen MR) is 123 cm³/mol. The maximum absolute atomic E-state index is 13.4. The lowest BCUT2D eigenvalue weighted by Gasteiger charge is -2.22. The van der Waals surface area contributed by atoms with Crippen LogP contribution in [0.2, 0.25) is 0 Å². The summed E-state index contributed by atoms with van der Waals surface area (Å²) < 4.78 is 29.7. The minimum atomic E-state index is -3.79. The molecule has 1 N–H and O–H groups in total. The van der Waals surface area contributed by atoms with Crippen LogP contribution in [-0.4, -0.2) is 20.9 Å². The van der Waals surface area contributed by atoms with Crippen LogP contribution in [0.15, 0.2) is 77.7 Å². The molecule has 0 saturated heterocycles. The van der Waals surface area contributed by atoms with E-state index in [0.717, 1.165) is 27.9 Å². The Labute approximate surface area is 183 Å². The van der Waals surface area contributed by atoms with Gasteiger partial charge in [-0.15, -0.1) is 0 Å². The second-order valence-electron chi connectivity index (χ2n) is 7.76. The SMILES string of the molecule is CCC(=O)N1CCc2cc(S(=O)(=O)N[C@@H](c3ccccc3)c3ccccc3C)ccc21. The molecule has 5 nitrogen and oxygen atoms in total. The van der Waals surface area contributed by atoms with Gasteiger partial charge in [0.15, 0.2) is 0 Å². The number of hydrogen-bond donors (Lipinski definition) is 1. The Hall–Kier alpha value is -2.96. The third-order valence-electron chi connectivity index (χ3n) is 5.77. The molecule has 0 aromatic heterocycles. The van der Waals surface area contributed by atoms with Gasteiger partial charge in [-0.25, -0.2) is 8.42 Å². The van der Waals surface area contributed by atoms with Crippen molar-refractivity contribution in [2.75, 3.05) is 11.4 Å². The Kier molecular flexibility index (Phi) is 5.94. The molecule has 0 aliphatic carbocycles. The van der Waals surface area contributed by atoms with E-state index in [9.17, 15) is 13.2 Å². The Morgan fingerprint density at radius 1 is 1.03 bits per heavy atom. The molecule has 160 valence electrons. The third-order valence-corrected chi connectivity index (χ3v) is 7.19. The summed E-state index contributed by atoms with van der Waals surface area (Å²) in [4.78, 5) is 14.1. The van der Waals surface area contributed by atoms with Crippen molar-refractivity contribution in [2.24, 2.45) is 0 Å². The van der Waals surface area contributed by atoms with Gasteiger partial charge in [0.05, 0.1) is 10.9 Å². The van der Waals surface area contributed by atoms with Crippen LogP contribution in [0.1, 0.15) is 41.6 Å². The number of anilines is 1. The molecule has 4 rings (SSSR count). The van der Waals surface area contributed by atoms with Crippen molar-refractivity contribution in [3.63, 3.8) is 0 Å². The molecule has 31 heavy (non-hydrogen) atoms. The third kappa shape index (κ3) is 4.27. The van der Waals surface area contributed by atoms with Crippen molar-refractivity contribution in [3.05, 3.63) is 95.1 Å². The van der Waals surface area contributed by atoms with E-state index in [1.54, 1.807) is 23.1 Å². The molecule has 3 aromatic carbocycles. The van der Waals surface area contributed by atoms with Gasteiger partial charge in [-0.1, -0.05) is 61.5 Å². The maximum atomic E-state index is 13.4. The van der Waals surface area contributed by atoms with Crippen LogP contribution in [0.3, 0.4) is 0 Å². The molecule has 1 heterocycles. The van der Waals surface area contributed by atoms with Gasteiger partial charge >= 0.3 is 0 Å². The average molecular weight is 435 g/mol. The fraction of sp³-hybridized carbons (Fsp3) is 0.240. The van der Waals surface area contributed by atoms with Gasteiger partial charge < -0.3 is 4.90 Å². The van der Waals surface area contributed by atoms with Crippen LogP contribution in [0.4, 0.5) is 5.69 Å². The second-order valence-corrected chi connectivity index (χ2v) is 9.48. The highest BCUT2D eigenvalue weighted by atomic mass is 32.2. The van der Waals surface area contributed by atoms with Crippen molar-refractivity contribution in [3.8, 4) is 0 Å². The number of benzene rings is 3. The summed E-state index contributed by atoms with van der Waals surface area (Å²) in [7, 11) is -3.79. The Morgan fingerprint density at radius 2 is 1.74 bits per heavy atom. The molecule has 0 saturated carbocycles. The summed E-state index contributed by atoms with van der Waals surface area (Å²) in [5, 5.41) is 0. The fourth-order valence-electron chi connectivity index (χ4n) is 4.09. The van der Waals surface area contributed by atoms with Gasteiger partial charge in [0.1, 0.15) is 0 Å². The number of hydrogen-bond acceptors (Lipinski definition) is 3. The zero-order valence-corrected chi connectivity index (χ0v) is 18.5. The lowest BCUT2D eigenvalue weighted by Crippen LogP contribution is -2.30. The zero-order valence-electron chi connectivity index (χ0n) is 17.7. The average Bonchev–Trinajstić information content (AvgIpc) is 3.21. The van der Waals surface area contributed by atoms with Crippen molar-refractivity contribution < 1.29 is 13.2 Å². The molecular formula is C25H26N2O3S. The first kappa shape index (κ1) is 21.3. The molecule has 0 fully saturated rings. The summed E-state index contributed by atoms with van der Waals surface area (Å²) in [6.07, 6.45) is 1.08. The maximum Gasteiger partial charge on any atom is 0.241 e. The first-order chi connectivity index (χ1) is 14.9. The van der Waals surface area contributed by atoms with Gasteiger partial charge in [0.2, 0.25) is 15.9 Å². The Bertz CT molecular complexity index is 1210. The van der Waals surface area contributed by atoms with Crippen LogP contribution < -0.4 is 9.62 Å². The number of aryl methyl sites for hydroxylation is 1. The van der Waals surface area contributed by atoms with Gasteiger partial charge in [0.25, 0.3) is 0 Å². The second kappa shape index (κ2) is 8.65. The monoisotopic (exact) mass is 434 g/mol. The van der Waals surface area contributed by atoms with Crippen LogP contribution in [-0.2, 0) is 21.2 Å². The highest BCUT2D eigenvalue weighted by molar-refractivity contribution is 7.89. The van der Waals surface area contributed by atoms with Crippen molar-refractivity contribution >= 4 is 21.6 Å². The summed E-state index contributed by atoms with van der Waals surface area (Å²) in [5.41, 5.74) is 4.50. The van der Waals surface area contributed by atoms with Crippen molar-refractivity contribution in [1.29, 1.82) is 0 Å². The number of fused-ring (bicyclic) bond motifs is 1. The quantitative estimate of drug-likeness (QED) is 0.627. The number of sulfonamides is 1. The first-order valence-corrected chi connectivity index (χ1v) is 11.9. The van der Waals surface area contributed by atoms with E-state index in [2.05, 4.69) is 4.72 Å². The molecule has 0 bridgehead atoms. The molecule has 0 radical (unpaired) electrons. The highest BCUT2D eigenvalue weighted by Gasteiger charge is 2.28. The fourth-order valence-corrected chi connectivity index (χ4v) is 5.34. The van der Waals surface area contributed by atoms with Crippen LogP contribution in [0.25, 0.3) is 0 Å². The van der Waals surface area contributed by atoms with E-state index in [0.29, 0.717) is 19.4 Å². The molecule has 1 aliphatic rings. The molecule has 1 amide bonds. The number of carbonyl (C=O) groups is 1. The summed E-state index contributed by atoms with van der Waals surface area (Å²) in [6.45, 7) is 4.40. The smallest absolute Gasteiger partial charge is 0.241 e. The number of nitrogens with one attached hydrogen (secondary N) is 1. The van der Waals surface area contributed by atoms with Gasteiger partial charge in [-0.3, -0.25) is 4.79 Å². The zero-order chi connectivity index (χ0) is 22.0. The molecule has 1 aliphatic heterocycles. The number of rotatable bonds is 6. The van der Waals surface area contributed by atoms with Crippen LogP contribution >= 0.6 is 0 Å². The predicted octanol–water partition coefficient (Wildman–Crippen LogP) is 4.36. The molecule has 0 spiro atoms. The molecular weight excluding hydrogens is 408 g/mol. The highest BCUT2D eigenvalue weighted by Crippen LogP contribution is 2.32. The molecule has 0 unspecified atom stereocenters. The van der Waals surface area contributed by atoms with E-state index in [1.165, 1.54) is 0 Å². The van der Waals surface area contributed by atoms with Gasteiger partial charge in [-0.2, -0.15) is 4.72 Å². The lowest BCUT2D eigenvalue weighted by molar-refractivity contribution is -0.118. The van der Waals surface area contributed by atoms with Gasteiger partial charge in [-0.05, 0) is 53.8 Å². The number of amides is 1. The topological polar surface area (TPSA) is 66.5 Å². The molecule has 6 heteroatoms. The van der Waals surface area contributed by atoms with E-state index < -0.39 is 16.1 Å². The number of carbonyl (C=O) groups excluding carboxylic acids is 1. The number of nitrogens with zero attached hydrogens (tertiary/aromatic N) is 1. The van der Waals surface area contributed by atoms with E-state index >= 15 is 0 Å².